The van der Waals surface area contributed by atoms with Crippen molar-refractivity contribution in [1.29, 1.82) is 0 Å². The number of rotatable bonds is 3. The van der Waals surface area contributed by atoms with E-state index in [1.165, 1.54) is 148 Å². The van der Waals surface area contributed by atoms with Gasteiger partial charge in [-0.3, -0.25) is 0 Å². The van der Waals surface area contributed by atoms with E-state index in [4.69, 9.17) is 0 Å². The Hall–Kier alpha value is -5.84. The zero-order valence-electron chi connectivity index (χ0n) is 41.2. The second-order valence-corrected chi connectivity index (χ2v) is 24.5. The van der Waals surface area contributed by atoms with Crippen molar-refractivity contribution in [2.75, 3.05) is 9.80 Å². The molecule has 2 aliphatic carbocycles. The van der Waals surface area contributed by atoms with E-state index in [0.29, 0.717) is 0 Å². The highest BCUT2D eigenvalue weighted by atomic mass is 32.1. The van der Waals surface area contributed by atoms with Crippen LogP contribution in [0.2, 0.25) is 0 Å². The molecule has 67 heavy (non-hydrogen) atoms. The lowest BCUT2D eigenvalue weighted by Crippen LogP contribution is -2.60. The standard InChI is InChI=1S/C63H63BN2S/c1-39-24-30-51-50(34-39)64-57-53(65(51)45-28-25-40(26-29-45)41-18-16-19-42(35-41)60(2,3)4)37-44(62(8,9)10)38-54(57)66(58-47-36-43(61(5,6)7)27-31-55(47)67-59(58)64)52-23-17-22-49-56(52)46-20-12-13-21-48(46)63(49)32-14-11-15-33-63/h12-13,16-31,34-38H,11,14-15,32-33H2,1-10H3. The van der Waals surface area contributed by atoms with Crippen LogP contribution in [-0.2, 0) is 21.7 Å². The number of anilines is 6. The Labute approximate surface area is 403 Å². The van der Waals surface area contributed by atoms with Crippen molar-refractivity contribution < 1.29 is 0 Å². The van der Waals surface area contributed by atoms with Gasteiger partial charge in [-0.05, 0) is 140 Å². The third-order valence-electron chi connectivity index (χ3n) is 16.0. The molecule has 4 aliphatic rings. The highest BCUT2D eigenvalue weighted by Gasteiger charge is 2.49. The molecule has 0 amide bonds. The summed E-state index contributed by atoms with van der Waals surface area (Å²) in [5, 5.41) is 1.36. The van der Waals surface area contributed by atoms with Gasteiger partial charge in [-0.15, -0.1) is 11.3 Å². The van der Waals surface area contributed by atoms with E-state index in [9.17, 15) is 0 Å². The average Bonchev–Trinajstić information content (AvgIpc) is 3.81. The maximum Gasteiger partial charge on any atom is 0.264 e. The fourth-order valence-electron chi connectivity index (χ4n) is 12.4. The summed E-state index contributed by atoms with van der Waals surface area (Å²) < 4.78 is 2.79. The largest absolute Gasteiger partial charge is 0.311 e. The third kappa shape index (κ3) is 6.49. The molecule has 7 aromatic carbocycles. The number of fused-ring (bicyclic) bond motifs is 11. The van der Waals surface area contributed by atoms with Crippen LogP contribution in [0.15, 0.2) is 140 Å². The van der Waals surface area contributed by atoms with Gasteiger partial charge in [0.15, 0.2) is 0 Å². The van der Waals surface area contributed by atoms with Crippen LogP contribution in [0.3, 0.4) is 0 Å². The molecule has 3 heterocycles. The normalized spacial score (nSPS) is 15.9. The van der Waals surface area contributed by atoms with E-state index in [1.807, 2.05) is 11.3 Å². The summed E-state index contributed by atoms with van der Waals surface area (Å²) in [6, 6.07) is 55.0. The average molecular weight is 891 g/mol. The monoisotopic (exact) mass is 890 g/mol. The Balaban J connectivity index is 1.16. The van der Waals surface area contributed by atoms with Crippen LogP contribution < -0.4 is 25.5 Å². The second-order valence-electron chi connectivity index (χ2n) is 23.4. The predicted octanol–water partition coefficient (Wildman–Crippen LogP) is 16.1. The molecule has 0 atom stereocenters. The fraction of sp³-hybridized carbons (Fsp3) is 0.302. The van der Waals surface area contributed by atoms with Crippen LogP contribution in [0.4, 0.5) is 34.1 Å². The first-order valence-electron chi connectivity index (χ1n) is 24.9. The molecule has 2 nitrogen and oxygen atoms in total. The molecule has 0 bridgehead atoms. The lowest BCUT2D eigenvalue weighted by molar-refractivity contribution is 0.353. The summed E-state index contributed by atoms with van der Waals surface area (Å²) in [6.45, 7) is 23.5. The molecule has 334 valence electrons. The minimum Gasteiger partial charge on any atom is -0.311 e. The van der Waals surface area contributed by atoms with Crippen LogP contribution in [0.25, 0.3) is 32.3 Å². The van der Waals surface area contributed by atoms with Gasteiger partial charge in [0.05, 0.1) is 11.4 Å². The van der Waals surface area contributed by atoms with Gasteiger partial charge in [0.1, 0.15) is 0 Å². The van der Waals surface area contributed by atoms with Crippen LogP contribution in [0.1, 0.15) is 128 Å². The summed E-state index contributed by atoms with van der Waals surface area (Å²) >= 11 is 2.02. The topological polar surface area (TPSA) is 6.48 Å². The smallest absolute Gasteiger partial charge is 0.264 e. The zero-order chi connectivity index (χ0) is 46.4. The number of hydrogen-bond donors (Lipinski definition) is 0. The fourth-order valence-corrected chi connectivity index (χ4v) is 13.7. The quantitative estimate of drug-likeness (QED) is 0.163. The van der Waals surface area contributed by atoms with Crippen LogP contribution in [-0.4, -0.2) is 6.71 Å². The van der Waals surface area contributed by atoms with E-state index in [0.717, 1.165) is 0 Å². The van der Waals surface area contributed by atoms with Crippen LogP contribution in [0, 0.1) is 6.92 Å². The summed E-state index contributed by atoms with van der Waals surface area (Å²) in [5.74, 6) is 0. The molecule has 1 spiro atoms. The van der Waals surface area contributed by atoms with Gasteiger partial charge in [-0.25, -0.2) is 0 Å². The molecule has 2 aliphatic heterocycles. The summed E-state index contributed by atoms with van der Waals surface area (Å²) in [6.07, 6.45) is 6.30. The van der Waals surface area contributed by atoms with Crippen molar-refractivity contribution in [3.05, 3.63) is 173 Å². The molecular weight excluding hydrogens is 828 g/mol. The molecule has 0 radical (unpaired) electrons. The Morgan fingerprint density at radius 2 is 1.19 bits per heavy atom. The Kier molecular flexibility index (Phi) is 9.41. The predicted molar refractivity (Wildman–Crippen MR) is 291 cm³/mol. The van der Waals surface area contributed by atoms with Crippen molar-refractivity contribution in [2.24, 2.45) is 0 Å². The van der Waals surface area contributed by atoms with E-state index >= 15 is 0 Å². The third-order valence-corrected chi connectivity index (χ3v) is 17.2. The molecule has 4 heteroatoms. The molecule has 0 saturated heterocycles. The summed E-state index contributed by atoms with van der Waals surface area (Å²) in [7, 11) is 0. The maximum absolute atomic E-state index is 2.77. The molecule has 0 unspecified atom stereocenters. The SMILES string of the molecule is Cc1ccc2c(c1)B1c3sc4ccc(C(C)(C)C)cc4c3N(c3cccc4c3-c3ccccc3C43CCCCC3)c3cc(C(C)(C)C)cc(c31)N2c1ccc(-c2cccc(C(C)(C)C)c2)cc1. The molecule has 12 rings (SSSR count). The lowest BCUT2D eigenvalue weighted by atomic mass is 9.36. The van der Waals surface area contributed by atoms with Gasteiger partial charge in [0.2, 0.25) is 0 Å². The number of hydrogen-bond acceptors (Lipinski definition) is 3. The van der Waals surface area contributed by atoms with Gasteiger partial charge in [-0.2, -0.15) is 0 Å². The van der Waals surface area contributed by atoms with Crippen molar-refractivity contribution in [1.82, 2.24) is 0 Å². The minimum atomic E-state index is -0.109. The van der Waals surface area contributed by atoms with Gasteiger partial charge >= 0.3 is 0 Å². The van der Waals surface area contributed by atoms with Gasteiger partial charge in [0, 0.05) is 48.6 Å². The number of thiophene rings is 1. The molecule has 1 aromatic heterocycles. The van der Waals surface area contributed by atoms with E-state index in [-0.39, 0.29) is 28.4 Å². The first kappa shape index (κ1) is 42.5. The summed E-state index contributed by atoms with van der Waals surface area (Å²) in [4.78, 5) is 5.37. The van der Waals surface area contributed by atoms with Gasteiger partial charge in [-0.1, -0.05) is 178 Å². The number of nitrogens with zero attached hydrogens (tertiary/aromatic N) is 2. The van der Waals surface area contributed by atoms with Crippen molar-refractivity contribution in [3.63, 3.8) is 0 Å². The zero-order valence-corrected chi connectivity index (χ0v) is 42.0. The molecule has 8 aromatic rings. The molecule has 0 N–H and O–H groups in total. The number of aryl methyl sites for hydroxylation is 1. The minimum absolute atomic E-state index is 0.00722. The van der Waals surface area contributed by atoms with E-state index in [1.54, 1.807) is 0 Å². The molecule has 1 fully saturated rings. The van der Waals surface area contributed by atoms with Crippen LogP contribution >= 0.6 is 11.3 Å². The Morgan fingerprint density at radius 3 is 1.93 bits per heavy atom. The maximum atomic E-state index is 2.77. The highest BCUT2D eigenvalue weighted by molar-refractivity contribution is 7.33. The van der Waals surface area contributed by atoms with Crippen LogP contribution in [0.5, 0.6) is 0 Å². The first-order valence-corrected chi connectivity index (χ1v) is 25.7. The lowest BCUT2D eigenvalue weighted by Gasteiger charge is -2.44. The van der Waals surface area contributed by atoms with Gasteiger partial charge < -0.3 is 9.80 Å². The van der Waals surface area contributed by atoms with Crippen molar-refractivity contribution in [2.45, 2.75) is 123 Å². The van der Waals surface area contributed by atoms with E-state index < -0.39 is 0 Å². The van der Waals surface area contributed by atoms with Crippen molar-refractivity contribution >= 4 is 78.0 Å². The number of benzene rings is 7. The first-order chi connectivity index (χ1) is 32.0. The van der Waals surface area contributed by atoms with E-state index in [2.05, 4.69) is 219 Å². The Morgan fingerprint density at radius 1 is 0.522 bits per heavy atom. The van der Waals surface area contributed by atoms with Gasteiger partial charge in [0.25, 0.3) is 6.71 Å². The second kappa shape index (κ2) is 14.8. The van der Waals surface area contributed by atoms with Crippen molar-refractivity contribution in [3.8, 4) is 22.3 Å². The summed E-state index contributed by atoms with van der Waals surface area (Å²) in [5.41, 5.74) is 24.3. The highest BCUT2D eigenvalue weighted by Crippen LogP contribution is 2.60. The Bertz CT molecular complexity index is 3310. The molecule has 1 saturated carbocycles. The molecular formula is C63H63BN2S.